The van der Waals surface area contributed by atoms with E-state index in [1.165, 1.54) is 12.3 Å². The Balaban J connectivity index is 1.93. The first-order valence-corrected chi connectivity index (χ1v) is 6.84. The van der Waals surface area contributed by atoms with Crippen LogP contribution < -0.4 is 4.74 Å². The Bertz CT molecular complexity index is 609. The van der Waals surface area contributed by atoms with Crippen LogP contribution in [0.5, 0.6) is 5.75 Å². The molecule has 2 aromatic rings. The van der Waals surface area contributed by atoms with E-state index < -0.39 is 5.82 Å². The monoisotopic (exact) mass is 291 g/mol. The fraction of sp³-hybridized carbons (Fsp3) is 0.312. The summed E-state index contributed by atoms with van der Waals surface area (Å²) in [4.78, 5) is 13.9. The van der Waals surface area contributed by atoms with Crippen molar-refractivity contribution in [1.82, 2.24) is 4.90 Å². The van der Waals surface area contributed by atoms with Crippen molar-refractivity contribution in [2.24, 2.45) is 0 Å². The predicted octanol–water partition coefficient (Wildman–Crippen LogP) is 3.27. The van der Waals surface area contributed by atoms with Gasteiger partial charge >= 0.3 is 0 Å². The zero-order chi connectivity index (χ0) is 15.2. The minimum absolute atomic E-state index is 0.110. The molecule has 0 unspecified atom stereocenters. The molecule has 0 aliphatic carbocycles. The number of likely N-dealkylation sites (N-methyl/N-ethyl adjacent to an activating group) is 1. The van der Waals surface area contributed by atoms with E-state index in [-0.39, 0.29) is 18.3 Å². The highest BCUT2D eigenvalue weighted by molar-refractivity contribution is 5.95. The molecular formula is C16H18FNO3. The van der Waals surface area contributed by atoms with Crippen molar-refractivity contribution in [3.63, 3.8) is 0 Å². The van der Waals surface area contributed by atoms with Gasteiger partial charge in [0.25, 0.3) is 5.91 Å². The first kappa shape index (κ1) is 15.1. The number of carbonyl (C=O) groups excluding carboxylic acids is 1. The summed E-state index contributed by atoms with van der Waals surface area (Å²) in [5, 5.41) is 0. The molecule has 4 nitrogen and oxygen atoms in total. The molecule has 1 aromatic carbocycles. The van der Waals surface area contributed by atoms with Crippen LogP contribution in [0.2, 0.25) is 0 Å². The molecule has 0 fully saturated rings. The lowest BCUT2D eigenvalue weighted by Crippen LogP contribution is -2.34. The van der Waals surface area contributed by atoms with Crippen LogP contribution in [0.15, 0.2) is 41.0 Å². The quantitative estimate of drug-likeness (QED) is 0.820. The number of aryl methyl sites for hydroxylation is 1. The fourth-order valence-corrected chi connectivity index (χ4v) is 2.01. The summed E-state index contributed by atoms with van der Waals surface area (Å²) in [7, 11) is 0. The lowest BCUT2D eigenvalue weighted by molar-refractivity contribution is 0.0737. The van der Waals surface area contributed by atoms with Gasteiger partial charge in [0.1, 0.15) is 12.4 Å². The Morgan fingerprint density at radius 2 is 2.10 bits per heavy atom. The van der Waals surface area contributed by atoms with Gasteiger partial charge in [-0.1, -0.05) is 12.1 Å². The minimum Gasteiger partial charge on any atom is -0.489 e. The van der Waals surface area contributed by atoms with E-state index in [4.69, 9.17) is 9.15 Å². The first-order valence-electron chi connectivity index (χ1n) is 6.84. The van der Waals surface area contributed by atoms with Crippen molar-refractivity contribution in [3.05, 3.63) is 53.7 Å². The number of amides is 1. The maximum absolute atomic E-state index is 13.4. The summed E-state index contributed by atoms with van der Waals surface area (Å²) >= 11 is 0. The lowest BCUT2D eigenvalue weighted by atomic mass is 10.2. The van der Waals surface area contributed by atoms with Gasteiger partial charge in [0, 0.05) is 6.54 Å². The Kier molecular flexibility index (Phi) is 4.98. The first-order chi connectivity index (χ1) is 10.1. The van der Waals surface area contributed by atoms with Crippen molar-refractivity contribution in [2.75, 3.05) is 19.7 Å². The minimum atomic E-state index is -0.405. The molecule has 2 rings (SSSR count). The fourth-order valence-electron chi connectivity index (χ4n) is 2.01. The second kappa shape index (κ2) is 6.92. The van der Waals surface area contributed by atoms with Gasteiger partial charge in [-0.25, -0.2) is 4.39 Å². The molecule has 1 amide bonds. The van der Waals surface area contributed by atoms with Crippen LogP contribution in [0.4, 0.5) is 4.39 Å². The number of hydrogen-bond donors (Lipinski definition) is 0. The molecule has 0 aliphatic heterocycles. The van der Waals surface area contributed by atoms with Crippen LogP contribution in [0, 0.1) is 12.7 Å². The van der Waals surface area contributed by atoms with Gasteiger partial charge in [-0.15, -0.1) is 0 Å². The van der Waals surface area contributed by atoms with Crippen molar-refractivity contribution >= 4 is 5.91 Å². The highest BCUT2D eigenvalue weighted by Gasteiger charge is 2.18. The Labute approximate surface area is 123 Å². The number of furan rings is 1. The number of nitrogens with zero attached hydrogens (tertiary/aromatic N) is 1. The molecule has 1 heterocycles. The van der Waals surface area contributed by atoms with E-state index in [1.807, 2.05) is 6.92 Å². The van der Waals surface area contributed by atoms with Gasteiger partial charge in [-0.05, 0) is 32.0 Å². The van der Waals surface area contributed by atoms with Crippen molar-refractivity contribution < 1.29 is 18.3 Å². The predicted molar refractivity (Wildman–Crippen MR) is 76.9 cm³/mol. The maximum atomic E-state index is 13.4. The van der Waals surface area contributed by atoms with Gasteiger partial charge in [-0.2, -0.15) is 0 Å². The van der Waals surface area contributed by atoms with Crippen LogP contribution in [0.25, 0.3) is 0 Å². The van der Waals surface area contributed by atoms with Gasteiger partial charge in [0.15, 0.2) is 11.6 Å². The third kappa shape index (κ3) is 3.62. The molecule has 0 bridgehead atoms. The second-order valence-electron chi connectivity index (χ2n) is 4.55. The van der Waals surface area contributed by atoms with Gasteiger partial charge in [-0.3, -0.25) is 4.79 Å². The number of ether oxygens (including phenoxy) is 1. The third-order valence-electron chi connectivity index (χ3n) is 3.21. The summed E-state index contributed by atoms with van der Waals surface area (Å²) in [5.41, 5.74) is 0.544. The SMILES string of the molecule is CCN(CCOc1ccccc1F)C(=O)c1ccoc1C. The zero-order valence-corrected chi connectivity index (χ0v) is 12.1. The highest BCUT2D eigenvalue weighted by Crippen LogP contribution is 2.16. The third-order valence-corrected chi connectivity index (χ3v) is 3.21. The standard InChI is InChI=1S/C16H18FNO3/c1-3-18(16(19)13-8-10-20-12(13)2)9-11-21-15-7-5-4-6-14(15)17/h4-8,10H,3,9,11H2,1-2H3. The summed E-state index contributed by atoms with van der Waals surface area (Å²) in [6.07, 6.45) is 1.49. The van der Waals surface area contributed by atoms with E-state index in [1.54, 1.807) is 36.1 Å². The summed E-state index contributed by atoms with van der Waals surface area (Å²) < 4.78 is 23.9. The normalized spacial score (nSPS) is 10.4. The molecule has 0 radical (unpaired) electrons. The highest BCUT2D eigenvalue weighted by atomic mass is 19.1. The number of rotatable bonds is 6. The summed E-state index contributed by atoms with van der Waals surface area (Å²) in [6, 6.07) is 7.86. The lowest BCUT2D eigenvalue weighted by Gasteiger charge is -2.20. The van der Waals surface area contributed by atoms with Crippen LogP contribution in [0.1, 0.15) is 23.0 Å². The molecule has 0 atom stereocenters. The smallest absolute Gasteiger partial charge is 0.257 e. The average molecular weight is 291 g/mol. The Morgan fingerprint density at radius 1 is 1.33 bits per heavy atom. The van der Waals surface area contributed by atoms with Gasteiger partial charge in [0.05, 0.1) is 18.4 Å². The van der Waals surface area contributed by atoms with Crippen LogP contribution in [-0.2, 0) is 0 Å². The number of benzene rings is 1. The molecule has 21 heavy (non-hydrogen) atoms. The van der Waals surface area contributed by atoms with E-state index in [2.05, 4.69) is 0 Å². The molecule has 0 aliphatic rings. The average Bonchev–Trinajstić information content (AvgIpc) is 2.91. The molecular weight excluding hydrogens is 273 g/mol. The topological polar surface area (TPSA) is 42.7 Å². The molecule has 5 heteroatoms. The molecule has 0 saturated carbocycles. The molecule has 0 spiro atoms. The number of hydrogen-bond acceptors (Lipinski definition) is 3. The van der Waals surface area contributed by atoms with E-state index in [0.29, 0.717) is 24.4 Å². The largest absolute Gasteiger partial charge is 0.489 e. The van der Waals surface area contributed by atoms with Gasteiger partial charge in [0.2, 0.25) is 0 Å². The number of halogens is 1. The molecule has 0 N–H and O–H groups in total. The van der Waals surface area contributed by atoms with E-state index in [9.17, 15) is 9.18 Å². The summed E-state index contributed by atoms with van der Waals surface area (Å²) in [6.45, 7) is 4.79. The van der Waals surface area contributed by atoms with Gasteiger partial charge < -0.3 is 14.1 Å². The van der Waals surface area contributed by atoms with Crippen LogP contribution in [0.3, 0.4) is 0 Å². The number of para-hydroxylation sites is 1. The van der Waals surface area contributed by atoms with Crippen molar-refractivity contribution in [1.29, 1.82) is 0 Å². The van der Waals surface area contributed by atoms with E-state index >= 15 is 0 Å². The van der Waals surface area contributed by atoms with E-state index in [0.717, 1.165) is 0 Å². The summed E-state index contributed by atoms with van der Waals surface area (Å²) in [5.74, 6) is 0.271. The van der Waals surface area contributed by atoms with Crippen molar-refractivity contribution in [2.45, 2.75) is 13.8 Å². The zero-order valence-electron chi connectivity index (χ0n) is 12.1. The van der Waals surface area contributed by atoms with Crippen LogP contribution >= 0.6 is 0 Å². The maximum Gasteiger partial charge on any atom is 0.257 e. The Hall–Kier alpha value is -2.30. The molecule has 1 aromatic heterocycles. The number of carbonyl (C=O) groups is 1. The molecule has 0 saturated heterocycles. The Morgan fingerprint density at radius 3 is 2.71 bits per heavy atom. The van der Waals surface area contributed by atoms with Crippen molar-refractivity contribution in [3.8, 4) is 5.75 Å². The van der Waals surface area contributed by atoms with Crippen LogP contribution in [-0.4, -0.2) is 30.5 Å². The second-order valence-corrected chi connectivity index (χ2v) is 4.55. The molecule has 112 valence electrons.